The molecule has 25 heteroatoms. The maximum Gasteiger partial charge on any atom is 0.408 e. The number of aliphatic hydroxyl groups excluding tert-OH is 1. The van der Waals surface area contributed by atoms with Crippen LogP contribution < -0.4 is 26.6 Å². The number of aliphatic hydroxyl groups is 1. The van der Waals surface area contributed by atoms with Gasteiger partial charge in [-0.1, -0.05) is 43.7 Å². The van der Waals surface area contributed by atoms with Crippen molar-refractivity contribution in [3.63, 3.8) is 0 Å². The third-order valence-corrected chi connectivity index (χ3v) is 11.9. The zero-order chi connectivity index (χ0) is 58.3. The van der Waals surface area contributed by atoms with Gasteiger partial charge in [0.1, 0.15) is 47.8 Å². The van der Waals surface area contributed by atoms with Crippen LogP contribution >= 0.6 is 0 Å². The first-order valence-corrected chi connectivity index (χ1v) is 26.3. The number of esters is 4. The Kier molecular flexibility index (Phi) is 23.9. The van der Waals surface area contributed by atoms with Crippen LogP contribution in [0.2, 0.25) is 0 Å². The fourth-order valence-corrected chi connectivity index (χ4v) is 8.91. The molecule has 2 aliphatic heterocycles. The summed E-state index contributed by atoms with van der Waals surface area (Å²) in [5.41, 5.74) is -2.02. The predicted molar refractivity (Wildman–Crippen MR) is 275 cm³/mol. The first-order valence-electron chi connectivity index (χ1n) is 26.3. The Morgan fingerprint density at radius 1 is 0.641 bits per heavy atom. The molecule has 1 saturated carbocycles. The number of carbonyl (C=O) groups excluding carboxylic acids is 8. The van der Waals surface area contributed by atoms with Gasteiger partial charge in [0.15, 0.2) is 30.9 Å². The summed E-state index contributed by atoms with van der Waals surface area (Å²) in [4.78, 5) is 105. The zero-order valence-corrected chi connectivity index (χ0v) is 47.3. The van der Waals surface area contributed by atoms with Gasteiger partial charge in [-0.3, -0.25) is 24.0 Å². The molecule has 78 heavy (non-hydrogen) atoms. The van der Waals surface area contributed by atoms with Crippen molar-refractivity contribution < 1.29 is 95.6 Å². The van der Waals surface area contributed by atoms with Crippen LogP contribution in [0.4, 0.5) is 14.4 Å². The fraction of sp³-hybridized carbons (Fsp3) is 0.736. The van der Waals surface area contributed by atoms with Crippen LogP contribution in [0.25, 0.3) is 0 Å². The highest BCUT2D eigenvalue weighted by molar-refractivity contribution is 5.83. The van der Waals surface area contributed by atoms with Crippen molar-refractivity contribution in [2.45, 2.75) is 238 Å². The lowest BCUT2D eigenvalue weighted by molar-refractivity contribution is -0.319. The molecule has 0 aromatic heterocycles. The molecule has 1 aromatic rings. The summed E-state index contributed by atoms with van der Waals surface area (Å²) in [7, 11) is 0. The van der Waals surface area contributed by atoms with Gasteiger partial charge in [-0.25, -0.2) is 14.4 Å². The maximum atomic E-state index is 14.3. The quantitative estimate of drug-likeness (QED) is 0.0797. The second-order valence-electron chi connectivity index (χ2n) is 22.4. The van der Waals surface area contributed by atoms with E-state index in [1.807, 2.05) is 18.2 Å². The van der Waals surface area contributed by atoms with Gasteiger partial charge in [-0.05, 0) is 93.6 Å². The van der Waals surface area contributed by atoms with Crippen LogP contribution in [0.1, 0.15) is 135 Å². The van der Waals surface area contributed by atoms with E-state index < -0.39 is 157 Å². The summed E-state index contributed by atoms with van der Waals surface area (Å²) in [5, 5.41) is 27.4. The van der Waals surface area contributed by atoms with Crippen molar-refractivity contribution in [3.05, 3.63) is 35.9 Å². The number of amides is 4. The second kappa shape index (κ2) is 28.9. The van der Waals surface area contributed by atoms with Gasteiger partial charge in [0.2, 0.25) is 0 Å². The average molecular weight is 1110 g/mol. The van der Waals surface area contributed by atoms with Gasteiger partial charge in [0, 0.05) is 40.8 Å². The molecule has 4 rings (SSSR count). The van der Waals surface area contributed by atoms with Crippen molar-refractivity contribution in [3.8, 4) is 0 Å². The first kappa shape index (κ1) is 64.7. The lowest BCUT2D eigenvalue weighted by Crippen LogP contribution is -2.71. The Labute approximate surface area is 456 Å². The third-order valence-electron chi connectivity index (χ3n) is 11.9. The van der Waals surface area contributed by atoms with E-state index in [4.69, 9.17) is 52.1 Å². The summed E-state index contributed by atoms with van der Waals surface area (Å²) in [6, 6.07) is 4.22. The van der Waals surface area contributed by atoms with Gasteiger partial charge in [0.05, 0.1) is 30.3 Å². The molecule has 440 valence electrons. The number of rotatable bonds is 20. The second-order valence-corrected chi connectivity index (χ2v) is 22.4. The zero-order valence-electron chi connectivity index (χ0n) is 47.3. The smallest absolute Gasteiger partial charge is 0.408 e. The van der Waals surface area contributed by atoms with Crippen LogP contribution in [0.15, 0.2) is 30.3 Å². The summed E-state index contributed by atoms with van der Waals surface area (Å²) >= 11 is 0. The van der Waals surface area contributed by atoms with E-state index in [-0.39, 0.29) is 38.8 Å². The largest absolute Gasteiger partial charge is 0.463 e. The van der Waals surface area contributed by atoms with Crippen molar-refractivity contribution in [2.75, 3.05) is 13.2 Å². The number of hydrogen-bond acceptors (Lipinski definition) is 21. The van der Waals surface area contributed by atoms with E-state index in [1.165, 1.54) is 0 Å². The molecule has 2 saturated heterocycles. The molecular formula is C53H83N5O20. The Bertz CT molecular complexity index is 2180. The molecule has 6 unspecified atom stereocenters. The van der Waals surface area contributed by atoms with Crippen molar-refractivity contribution >= 4 is 48.1 Å². The van der Waals surface area contributed by atoms with Crippen molar-refractivity contribution in [1.29, 1.82) is 0 Å². The van der Waals surface area contributed by atoms with E-state index in [1.54, 1.807) is 81.4 Å². The number of alkyl carbamates (subject to hydrolysis) is 3. The van der Waals surface area contributed by atoms with Crippen LogP contribution in [-0.4, -0.2) is 169 Å². The lowest BCUT2D eigenvalue weighted by Gasteiger charge is -2.50. The van der Waals surface area contributed by atoms with E-state index >= 15 is 0 Å². The van der Waals surface area contributed by atoms with Crippen molar-refractivity contribution in [2.24, 2.45) is 0 Å². The Morgan fingerprint density at radius 2 is 1.18 bits per heavy atom. The molecule has 1 aliphatic carbocycles. The van der Waals surface area contributed by atoms with Gasteiger partial charge >= 0.3 is 42.2 Å². The highest BCUT2D eigenvalue weighted by atomic mass is 16.7. The number of ether oxygens (including phenoxy) is 11. The standard InChI is InChI=1S/C53H83N5O20/c1-15-19-37(69-29(3)60)45(64)56-35-24-36(58-50(67)78-53(12,13)14)42(74-46-34(57-49(66)77-52(9,10)11)23-22-33(72-46)26-55-48(65)76-51(6,7)8)40(63)41(35)75-47-44(71-31(5)62)39(54-25-32-20-17-16-18-21-32)43(70-30(4)61)38(73-47)27-68-28(2)59/h16-18,20-21,33-44,46-47,54,63H,15,19,22-27H2,1-14H3,(H,55,65)(H,56,64)(H,57,66)(H,58,67)/t33?,34?,35-,36+,37+,38?,39+,40?,41-,42?,43+,44?,46+,47+/m1/s1. The summed E-state index contributed by atoms with van der Waals surface area (Å²) in [6.45, 7) is 20.9. The van der Waals surface area contributed by atoms with Gasteiger partial charge in [-0.15, -0.1) is 0 Å². The molecule has 14 atom stereocenters. The summed E-state index contributed by atoms with van der Waals surface area (Å²) in [6.07, 6.45) is -16.7. The highest BCUT2D eigenvalue weighted by Gasteiger charge is 2.55. The molecule has 1 aromatic carbocycles. The van der Waals surface area contributed by atoms with Crippen LogP contribution in [0.5, 0.6) is 0 Å². The topological polar surface area (TPSA) is 318 Å². The van der Waals surface area contributed by atoms with Crippen LogP contribution in [0, 0.1) is 0 Å². The lowest BCUT2D eigenvalue weighted by atomic mass is 9.83. The SMILES string of the molecule is CCC[C@H](OC(C)=O)C(=O)N[C@@H]1C[C@H](NC(=O)OC(C)(C)C)C(O[C@@H]2OC(CNC(=O)OC(C)(C)C)CCC2NC(=O)OC(C)(C)C)C(O)[C@@H]1O[C@@H]1OC(COC(C)=O)[C@H](OC(C)=O)[C@H](NCc2ccccc2)C1OC(C)=O. The number of benzene rings is 1. The number of hydrogen-bond donors (Lipinski definition) is 6. The minimum Gasteiger partial charge on any atom is -0.463 e. The first-order chi connectivity index (χ1) is 36.3. The van der Waals surface area contributed by atoms with Gasteiger partial charge < -0.3 is 83.8 Å². The minimum absolute atomic E-state index is 0.0803. The monoisotopic (exact) mass is 1110 g/mol. The highest BCUT2D eigenvalue weighted by Crippen LogP contribution is 2.35. The molecule has 3 fully saturated rings. The molecule has 2 heterocycles. The van der Waals surface area contributed by atoms with E-state index in [2.05, 4.69) is 26.6 Å². The molecule has 0 bridgehead atoms. The Balaban J connectivity index is 1.91. The number of carbonyl (C=O) groups is 8. The van der Waals surface area contributed by atoms with Crippen LogP contribution in [0.3, 0.4) is 0 Å². The van der Waals surface area contributed by atoms with Crippen molar-refractivity contribution in [1.82, 2.24) is 26.6 Å². The molecule has 0 radical (unpaired) electrons. The molecule has 3 aliphatic rings. The molecular weight excluding hydrogens is 1030 g/mol. The Morgan fingerprint density at radius 3 is 1.72 bits per heavy atom. The fourth-order valence-electron chi connectivity index (χ4n) is 8.91. The normalized spacial score (nSPS) is 27.8. The summed E-state index contributed by atoms with van der Waals surface area (Å²) < 4.78 is 65.7. The van der Waals surface area contributed by atoms with Crippen LogP contribution in [-0.2, 0) is 82.6 Å². The van der Waals surface area contributed by atoms with Gasteiger partial charge in [-0.2, -0.15) is 0 Å². The molecule has 4 amide bonds. The van der Waals surface area contributed by atoms with Gasteiger partial charge in [0.25, 0.3) is 5.91 Å². The Hall–Kier alpha value is -5.86. The molecule has 25 nitrogen and oxygen atoms in total. The maximum absolute atomic E-state index is 14.3. The predicted octanol–water partition coefficient (Wildman–Crippen LogP) is 3.86. The molecule has 0 spiro atoms. The molecule has 6 N–H and O–H groups in total. The summed E-state index contributed by atoms with van der Waals surface area (Å²) in [5.74, 6) is -3.88. The number of nitrogens with one attached hydrogen (secondary N) is 5. The third kappa shape index (κ3) is 21.8. The van der Waals surface area contributed by atoms with E-state index in [0.29, 0.717) is 6.42 Å². The van der Waals surface area contributed by atoms with E-state index in [9.17, 15) is 43.5 Å². The van der Waals surface area contributed by atoms with E-state index in [0.717, 1.165) is 33.3 Å². The average Bonchev–Trinajstić information content (AvgIpc) is 3.29. The minimum atomic E-state index is -1.95.